The molecular formula is C21H21ClN2O5S. The third-order valence-electron chi connectivity index (χ3n) is 3.93. The van der Waals surface area contributed by atoms with Crippen LogP contribution in [0.15, 0.2) is 41.3 Å². The lowest BCUT2D eigenvalue weighted by Gasteiger charge is -2.15. The zero-order chi connectivity index (χ0) is 21.5. The summed E-state index contributed by atoms with van der Waals surface area (Å²) in [5.41, 5.74) is 0.677. The summed E-state index contributed by atoms with van der Waals surface area (Å²) in [6.45, 7) is 2.84. The highest BCUT2D eigenvalue weighted by Gasteiger charge is 2.22. The topological polar surface area (TPSA) is 89.9 Å². The Balaban J connectivity index is 1.68. The van der Waals surface area contributed by atoms with Crippen LogP contribution in [0.3, 0.4) is 0 Å². The molecule has 2 aromatic rings. The molecule has 1 saturated heterocycles. The summed E-state index contributed by atoms with van der Waals surface area (Å²) in [7, 11) is 1.60. The summed E-state index contributed by atoms with van der Waals surface area (Å²) in [4.78, 5) is 12.2. The predicted octanol–water partition coefficient (Wildman–Crippen LogP) is 4.34. The molecule has 1 amide bonds. The molecule has 0 bridgehead atoms. The number of thioether (sulfide) groups is 1. The minimum Gasteiger partial charge on any atom is -0.497 e. The molecule has 30 heavy (non-hydrogen) atoms. The van der Waals surface area contributed by atoms with E-state index in [1.807, 2.05) is 25.1 Å². The summed E-state index contributed by atoms with van der Waals surface area (Å²) >= 11 is 7.47. The van der Waals surface area contributed by atoms with E-state index in [2.05, 4.69) is 5.32 Å². The van der Waals surface area contributed by atoms with Crippen LogP contribution in [0.5, 0.6) is 23.0 Å². The minimum atomic E-state index is -0.311. The van der Waals surface area contributed by atoms with Crippen LogP contribution >= 0.6 is 23.4 Å². The Bertz CT molecular complexity index is 980. The quantitative estimate of drug-likeness (QED) is 0.438. The molecule has 1 heterocycles. The first-order valence-electron chi connectivity index (χ1n) is 9.15. The lowest BCUT2D eigenvalue weighted by Crippen LogP contribution is -2.18. The average molecular weight is 449 g/mol. The molecular weight excluding hydrogens is 428 g/mol. The summed E-state index contributed by atoms with van der Waals surface area (Å²) in [5, 5.41) is 10.4. The van der Waals surface area contributed by atoms with Crippen LogP contribution in [-0.2, 0) is 4.79 Å². The number of carbonyl (C=O) groups is 1. The summed E-state index contributed by atoms with van der Waals surface area (Å²) in [6, 6.07) is 10.7. The van der Waals surface area contributed by atoms with Crippen molar-refractivity contribution < 1.29 is 23.7 Å². The van der Waals surface area contributed by atoms with Crippen LogP contribution in [-0.4, -0.2) is 38.0 Å². The van der Waals surface area contributed by atoms with Gasteiger partial charge in [-0.05, 0) is 54.6 Å². The van der Waals surface area contributed by atoms with Gasteiger partial charge in [-0.3, -0.25) is 10.2 Å². The van der Waals surface area contributed by atoms with E-state index >= 15 is 0 Å². The highest BCUT2D eigenvalue weighted by Crippen LogP contribution is 2.38. The fourth-order valence-electron chi connectivity index (χ4n) is 2.66. The van der Waals surface area contributed by atoms with E-state index in [1.54, 1.807) is 31.4 Å². The average Bonchev–Trinajstić information content (AvgIpc) is 3.03. The van der Waals surface area contributed by atoms with Gasteiger partial charge in [0.1, 0.15) is 24.7 Å². The smallest absolute Gasteiger partial charge is 0.264 e. The number of halogens is 1. The fraction of sp³-hybridized carbons (Fsp3) is 0.238. The monoisotopic (exact) mass is 448 g/mol. The van der Waals surface area contributed by atoms with E-state index in [4.69, 9.17) is 36.0 Å². The molecule has 9 heteroatoms. The molecule has 0 atom stereocenters. The molecule has 0 saturated carbocycles. The maximum absolute atomic E-state index is 11.8. The molecule has 1 fully saturated rings. The van der Waals surface area contributed by atoms with Crippen molar-refractivity contribution in [2.45, 2.75) is 6.92 Å². The number of hydrogen-bond donors (Lipinski definition) is 2. The lowest BCUT2D eigenvalue weighted by atomic mass is 10.2. The Morgan fingerprint density at radius 2 is 1.90 bits per heavy atom. The lowest BCUT2D eigenvalue weighted by molar-refractivity contribution is -0.115. The van der Waals surface area contributed by atoms with Gasteiger partial charge in [0.2, 0.25) is 0 Å². The van der Waals surface area contributed by atoms with Gasteiger partial charge in [0.05, 0.1) is 23.6 Å². The Morgan fingerprint density at radius 1 is 1.13 bits per heavy atom. The molecule has 158 valence electrons. The molecule has 3 rings (SSSR count). The van der Waals surface area contributed by atoms with Gasteiger partial charge in [0.25, 0.3) is 5.91 Å². The van der Waals surface area contributed by atoms with Gasteiger partial charge in [-0.25, -0.2) is 0 Å². The number of benzene rings is 2. The van der Waals surface area contributed by atoms with E-state index in [9.17, 15) is 4.79 Å². The summed E-state index contributed by atoms with van der Waals surface area (Å²) in [6.07, 6.45) is 1.66. The van der Waals surface area contributed by atoms with E-state index in [1.165, 1.54) is 0 Å². The number of hydrogen-bond acceptors (Lipinski definition) is 7. The van der Waals surface area contributed by atoms with Gasteiger partial charge in [-0.1, -0.05) is 17.7 Å². The zero-order valence-corrected chi connectivity index (χ0v) is 18.1. The molecule has 0 aliphatic carbocycles. The highest BCUT2D eigenvalue weighted by atomic mass is 35.5. The largest absolute Gasteiger partial charge is 0.497 e. The molecule has 1 aliphatic heterocycles. The van der Waals surface area contributed by atoms with Crippen molar-refractivity contribution >= 4 is 40.5 Å². The number of amides is 1. The number of nitrogens with one attached hydrogen (secondary N) is 2. The molecule has 0 spiro atoms. The number of rotatable bonds is 9. The molecule has 1 aliphatic rings. The third kappa shape index (κ3) is 5.61. The van der Waals surface area contributed by atoms with E-state index in [-0.39, 0.29) is 17.7 Å². The first-order valence-corrected chi connectivity index (χ1v) is 10.3. The van der Waals surface area contributed by atoms with Crippen LogP contribution in [0.2, 0.25) is 5.02 Å². The maximum atomic E-state index is 11.8. The fourth-order valence-corrected chi connectivity index (χ4v) is 3.64. The van der Waals surface area contributed by atoms with Crippen molar-refractivity contribution in [1.82, 2.24) is 5.32 Å². The maximum Gasteiger partial charge on any atom is 0.264 e. The van der Waals surface area contributed by atoms with Crippen molar-refractivity contribution in [2.75, 3.05) is 26.9 Å². The van der Waals surface area contributed by atoms with Crippen LogP contribution < -0.4 is 24.3 Å². The molecule has 0 unspecified atom stereocenters. The van der Waals surface area contributed by atoms with Crippen molar-refractivity contribution in [3.8, 4) is 23.0 Å². The molecule has 7 nitrogen and oxygen atoms in total. The number of ether oxygens (including phenoxy) is 4. The zero-order valence-electron chi connectivity index (χ0n) is 16.5. The second-order valence-corrected chi connectivity index (χ2v) is 7.49. The normalized spacial score (nSPS) is 14.6. The first-order chi connectivity index (χ1) is 14.5. The van der Waals surface area contributed by atoms with Gasteiger partial charge >= 0.3 is 0 Å². The van der Waals surface area contributed by atoms with E-state index < -0.39 is 0 Å². The number of carbonyl (C=O) groups excluding carboxylic acids is 1. The van der Waals surface area contributed by atoms with Crippen LogP contribution in [0.1, 0.15) is 12.5 Å². The second-order valence-electron chi connectivity index (χ2n) is 6.03. The molecule has 0 radical (unpaired) electrons. The summed E-state index contributed by atoms with van der Waals surface area (Å²) < 4.78 is 22.3. The molecule has 2 aromatic carbocycles. The van der Waals surface area contributed by atoms with Crippen molar-refractivity contribution in [2.24, 2.45) is 0 Å². The van der Waals surface area contributed by atoms with Crippen LogP contribution in [0, 0.1) is 5.41 Å². The Labute approximate surface area is 183 Å². The standard InChI is InChI=1S/C21H21ClN2O5S/c1-3-27-17-10-13(11-18-20(25)24-21(23)30-18)9-16(22)19(17)29-8-7-28-15-6-4-5-14(12-15)26-2/h4-6,9-12H,3,7-8H2,1-2H3,(H2,23,24,25). The van der Waals surface area contributed by atoms with Gasteiger partial charge < -0.3 is 24.3 Å². The number of methoxy groups -OCH3 is 1. The number of amidine groups is 1. The van der Waals surface area contributed by atoms with E-state index in [0.717, 1.165) is 11.8 Å². The van der Waals surface area contributed by atoms with Crippen molar-refractivity contribution in [1.29, 1.82) is 5.41 Å². The van der Waals surface area contributed by atoms with Gasteiger partial charge in [0.15, 0.2) is 16.7 Å². The second kappa shape index (κ2) is 10.3. The Morgan fingerprint density at radius 3 is 2.60 bits per heavy atom. The van der Waals surface area contributed by atoms with E-state index in [0.29, 0.717) is 51.7 Å². The van der Waals surface area contributed by atoms with Crippen molar-refractivity contribution in [3.05, 3.63) is 51.9 Å². The SMILES string of the molecule is CCOc1cc(C=C2SC(=N)NC2=O)cc(Cl)c1OCCOc1cccc(OC)c1. The predicted molar refractivity (Wildman–Crippen MR) is 118 cm³/mol. The van der Waals surface area contributed by atoms with Crippen molar-refractivity contribution in [3.63, 3.8) is 0 Å². The summed E-state index contributed by atoms with van der Waals surface area (Å²) in [5.74, 6) is 1.95. The van der Waals surface area contributed by atoms with Crippen LogP contribution in [0.4, 0.5) is 0 Å². The van der Waals surface area contributed by atoms with Crippen LogP contribution in [0.25, 0.3) is 6.08 Å². The highest BCUT2D eigenvalue weighted by molar-refractivity contribution is 8.18. The Hall–Kier alpha value is -2.84. The first kappa shape index (κ1) is 21.9. The third-order valence-corrected chi connectivity index (χ3v) is 5.04. The minimum absolute atomic E-state index is 0.0957. The molecule has 0 aromatic heterocycles. The Kier molecular flexibility index (Phi) is 7.48. The van der Waals surface area contributed by atoms with Gasteiger partial charge in [-0.2, -0.15) is 0 Å². The van der Waals surface area contributed by atoms with Gasteiger partial charge in [-0.15, -0.1) is 0 Å². The van der Waals surface area contributed by atoms with Gasteiger partial charge in [0, 0.05) is 6.07 Å². The molecule has 2 N–H and O–H groups in total.